The highest BCUT2D eigenvalue weighted by Crippen LogP contribution is 2.24. The summed E-state index contributed by atoms with van der Waals surface area (Å²) >= 11 is 0. The first-order chi connectivity index (χ1) is 9.74. The zero-order valence-corrected chi connectivity index (χ0v) is 12.4. The van der Waals surface area contributed by atoms with E-state index in [-0.39, 0.29) is 0 Å². The number of rotatable bonds is 6. The highest BCUT2D eigenvalue weighted by atomic mass is 15.2. The summed E-state index contributed by atoms with van der Waals surface area (Å²) in [5, 5.41) is 4.83. The van der Waals surface area contributed by atoms with Gasteiger partial charge in [-0.3, -0.25) is 4.98 Å². The smallest absolute Gasteiger partial charge is 0.0708 e. The molecule has 2 aromatic rings. The summed E-state index contributed by atoms with van der Waals surface area (Å²) in [5.74, 6) is 0. The van der Waals surface area contributed by atoms with Gasteiger partial charge < -0.3 is 10.2 Å². The minimum atomic E-state index is 0.848. The molecule has 3 nitrogen and oxygen atoms in total. The van der Waals surface area contributed by atoms with Gasteiger partial charge in [-0.15, -0.1) is 0 Å². The van der Waals surface area contributed by atoms with Crippen LogP contribution in [-0.2, 0) is 6.54 Å². The lowest BCUT2D eigenvalue weighted by Gasteiger charge is -2.16. The van der Waals surface area contributed by atoms with Crippen molar-refractivity contribution in [3.05, 3.63) is 41.6 Å². The minimum Gasteiger partial charge on any atom is -0.311 e. The van der Waals surface area contributed by atoms with Gasteiger partial charge in [0.15, 0.2) is 0 Å². The third-order valence-corrected chi connectivity index (χ3v) is 4.06. The summed E-state index contributed by atoms with van der Waals surface area (Å²) in [5.41, 5.74) is 3.54. The van der Waals surface area contributed by atoms with Crippen LogP contribution in [0.5, 0.6) is 0 Å². The highest BCUT2D eigenvalue weighted by Gasteiger charge is 2.25. The largest absolute Gasteiger partial charge is 0.311 e. The fourth-order valence-corrected chi connectivity index (χ4v) is 2.72. The summed E-state index contributed by atoms with van der Waals surface area (Å²) in [7, 11) is 2.23. The maximum atomic E-state index is 4.59. The lowest BCUT2D eigenvalue weighted by atomic mass is 10.1. The molecule has 1 saturated carbocycles. The SMILES string of the molecule is Cc1cc(CNCCN(C)C2CC2)c2ccccc2n1. The van der Waals surface area contributed by atoms with Crippen LogP contribution in [0.15, 0.2) is 30.3 Å². The number of aromatic nitrogens is 1. The van der Waals surface area contributed by atoms with Crippen molar-refractivity contribution in [3.63, 3.8) is 0 Å². The van der Waals surface area contributed by atoms with Crippen LogP contribution in [0, 0.1) is 6.92 Å². The molecule has 3 heteroatoms. The summed E-state index contributed by atoms with van der Waals surface area (Å²) in [6.07, 6.45) is 2.76. The van der Waals surface area contributed by atoms with Crippen molar-refractivity contribution < 1.29 is 0 Å². The highest BCUT2D eigenvalue weighted by molar-refractivity contribution is 5.82. The number of nitrogens with one attached hydrogen (secondary N) is 1. The number of likely N-dealkylation sites (N-methyl/N-ethyl adjacent to an activating group) is 1. The monoisotopic (exact) mass is 269 g/mol. The number of aryl methyl sites for hydroxylation is 1. The molecule has 0 aliphatic heterocycles. The van der Waals surface area contributed by atoms with Crippen LogP contribution in [0.1, 0.15) is 24.1 Å². The van der Waals surface area contributed by atoms with Gasteiger partial charge in [0.1, 0.15) is 0 Å². The molecule has 0 saturated heterocycles. The van der Waals surface area contributed by atoms with Crippen LogP contribution in [0.2, 0.25) is 0 Å². The molecular weight excluding hydrogens is 246 g/mol. The number of para-hydroxylation sites is 1. The van der Waals surface area contributed by atoms with Crippen molar-refractivity contribution in [1.29, 1.82) is 0 Å². The average molecular weight is 269 g/mol. The Morgan fingerprint density at radius 2 is 2.10 bits per heavy atom. The molecule has 1 fully saturated rings. The van der Waals surface area contributed by atoms with E-state index in [4.69, 9.17) is 0 Å². The van der Waals surface area contributed by atoms with Gasteiger partial charge in [0.25, 0.3) is 0 Å². The molecule has 0 amide bonds. The average Bonchev–Trinajstić information content (AvgIpc) is 3.27. The van der Waals surface area contributed by atoms with E-state index in [1.165, 1.54) is 23.8 Å². The van der Waals surface area contributed by atoms with Crippen molar-refractivity contribution in [2.24, 2.45) is 0 Å². The van der Waals surface area contributed by atoms with E-state index in [0.717, 1.165) is 36.9 Å². The van der Waals surface area contributed by atoms with Gasteiger partial charge in [-0.05, 0) is 44.5 Å². The van der Waals surface area contributed by atoms with Crippen LogP contribution >= 0.6 is 0 Å². The molecule has 1 aliphatic rings. The van der Waals surface area contributed by atoms with Crippen molar-refractivity contribution in [1.82, 2.24) is 15.2 Å². The second kappa shape index (κ2) is 5.90. The number of fused-ring (bicyclic) bond motifs is 1. The van der Waals surface area contributed by atoms with E-state index < -0.39 is 0 Å². The zero-order valence-electron chi connectivity index (χ0n) is 12.4. The Bertz CT molecular complexity index is 590. The molecule has 106 valence electrons. The fourth-order valence-electron chi connectivity index (χ4n) is 2.72. The molecule has 0 radical (unpaired) electrons. The van der Waals surface area contributed by atoms with Crippen molar-refractivity contribution in [2.45, 2.75) is 32.4 Å². The van der Waals surface area contributed by atoms with Gasteiger partial charge in [-0.2, -0.15) is 0 Å². The molecule has 0 bridgehead atoms. The van der Waals surface area contributed by atoms with E-state index in [1.807, 2.05) is 0 Å². The van der Waals surface area contributed by atoms with Crippen LogP contribution in [0.3, 0.4) is 0 Å². The Morgan fingerprint density at radius 1 is 1.30 bits per heavy atom. The predicted octanol–water partition coefficient (Wildman–Crippen LogP) is 2.73. The molecule has 1 aliphatic carbocycles. The molecule has 1 aromatic heterocycles. The van der Waals surface area contributed by atoms with Gasteiger partial charge in [0, 0.05) is 36.8 Å². The standard InChI is InChI=1S/C17H23N3/c1-13-11-14(16-5-3-4-6-17(16)19-13)12-18-9-10-20(2)15-7-8-15/h3-6,11,15,18H,7-10,12H2,1-2H3. The molecular formula is C17H23N3. The Balaban J connectivity index is 1.61. The third kappa shape index (κ3) is 3.17. The Morgan fingerprint density at radius 3 is 2.90 bits per heavy atom. The topological polar surface area (TPSA) is 28.2 Å². The number of nitrogens with zero attached hydrogens (tertiary/aromatic N) is 2. The Hall–Kier alpha value is -1.45. The summed E-state index contributed by atoms with van der Waals surface area (Å²) in [6, 6.07) is 11.4. The first-order valence-corrected chi connectivity index (χ1v) is 7.50. The first-order valence-electron chi connectivity index (χ1n) is 7.50. The fraction of sp³-hybridized carbons (Fsp3) is 0.471. The van der Waals surface area contributed by atoms with E-state index in [2.05, 4.69) is 59.5 Å². The Kier molecular flexibility index (Phi) is 3.99. The lowest BCUT2D eigenvalue weighted by molar-refractivity contribution is 0.321. The third-order valence-electron chi connectivity index (χ3n) is 4.06. The molecule has 20 heavy (non-hydrogen) atoms. The van der Waals surface area contributed by atoms with Crippen LogP contribution in [-0.4, -0.2) is 36.1 Å². The molecule has 1 aromatic carbocycles. The lowest BCUT2D eigenvalue weighted by Crippen LogP contribution is -2.30. The number of hydrogen-bond donors (Lipinski definition) is 1. The summed E-state index contributed by atoms with van der Waals surface area (Å²) in [6.45, 7) is 5.16. The van der Waals surface area contributed by atoms with Gasteiger partial charge in [0.2, 0.25) is 0 Å². The number of pyridine rings is 1. The predicted molar refractivity (Wildman–Crippen MR) is 83.8 cm³/mol. The molecule has 1 N–H and O–H groups in total. The second-order valence-corrected chi connectivity index (χ2v) is 5.83. The maximum absolute atomic E-state index is 4.59. The number of hydrogen-bond acceptors (Lipinski definition) is 3. The molecule has 0 spiro atoms. The molecule has 0 unspecified atom stereocenters. The number of benzene rings is 1. The molecule has 1 heterocycles. The Labute approximate surface area is 121 Å². The second-order valence-electron chi connectivity index (χ2n) is 5.83. The van der Waals surface area contributed by atoms with Crippen molar-refractivity contribution in [3.8, 4) is 0 Å². The summed E-state index contributed by atoms with van der Waals surface area (Å²) in [4.78, 5) is 7.05. The molecule has 3 rings (SSSR count). The van der Waals surface area contributed by atoms with Crippen LogP contribution < -0.4 is 5.32 Å². The first kappa shape index (κ1) is 13.5. The van der Waals surface area contributed by atoms with Crippen molar-refractivity contribution in [2.75, 3.05) is 20.1 Å². The summed E-state index contributed by atoms with van der Waals surface area (Å²) < 4.78 is 0. The molecule has 0 atom stereocenters. The van der Waals surface area contributed by atoms with E-state index in [9.17, 15) is 0 Å². The van der Waals surface area contributed by atoms with Gasteiger partial charge in [-0.25, -0.2) is 0 Å². The van der Waals surface area contributed by atoms with Gasteiger partial charge >= 0.3 is 0 Å². The quantitative estimate of drug-likeness (QED) is 0.817. The van der Waals surface area contributed by atoms with E-state index in [0.29, 0.717) is 0 Å². The zero-order chi connectivity index (χ0) is 13.9. The van der Waals surface area contributed by atoms with E-state index >= 15 is 0 Å². The van der Waals surface area contributed by atoms with E-state index in [1.54, 1.807) is 0 Å². The van der Waals surface area contributed by atoms with Gasteiger partial charge in [0.05, 0.1) is 5.52 Å². The van der Waals surface area contributed by atoms with Crippen molar-refractivity contribution >= 4 is 10.9 Å². The normalized spacial score (nSPS) is 15.2. The van der Waals surface area contributed by atoms with Crippen LogP contribution in [0.4, 0.5) is 0 Å². The van der Waals surface area contributed by atoms with Gasteiger partial charge in [-0.1, -0.05) is 18.2 Å². The van der Waals surface area contributed by atoms with Crippen LogP contribution in [0.25, 0.3) is 10.9 Å². The maximum Gasteiger partial charge on any atom is 0.0708 e. The minimum absolute atomic E-state index is 0.848.